The second kappa shape index (κ2) is 2.74. The Hall–Kier alpha value is -1.16. The maximum atomic E-state index is 5.97. The maximum absolute atomic E-state index is 5.97. The Labute approximate surface area is 97.7 Å². The van der Waals surface area contributed by atoms with E-state index in [9.17, 15) is 0 Å². The number of nitrogens with zero attached hydrogens (tertiary/aromatic N) is 4. The predicted octanol–water partition coefficient (Wildman–Crippen LogP) is 2.44. The van der Waals surface area contributed by atoms with E-state index in [1.807, 2.05) is 10.6 Å². The van der Waals surface area contributed by atoms with Crippen molar-refractivity contribution in [2.75, 3.05) is 0 Å². The van der Waals surface area contributed by atoms with Gasteiger partial charge in [-0.3, -0.25) is 4.40 Å². The zero-order valence-electron chi connectivity index (χ0n) is 8.73. The summed E-state index contributed by atoms with van der Waals surface area (Å²) in [5.74, 6) is 1.62. The predicted molar refractivity (Wildman–Crippen MR) is 59.4 cm³/mol. The first-order valence-corrected chi connectivity index (χ1v) is 6.00. The standard InChI is InChI=1S/C11H11ClN4/c12-8-10-15-14-9(16(10)4-3-13-8)7-5-11(6-7)1-2-11/h3-4,7H,1-2,5-6H2. The number of hydrogen-bond donors (Lipinski definition) is 0. The zero-order chi connectivity index (χ0) is 10.8. The number of rotatable bonds is 1. The van der Waals surface area contributed by atoms with Crippen LogP contribution in [0.4, 0.5) is 0 Å². The van der Waals surface area contributed by atoms with Crippen LogP contribution in [0.3, 0.4) is 0 Å². The molecule has 0 aliphatic heterocycles. The summed E-state index contributed by atoms with van der Waals surface area (Å²) >= 11 is 5.97. The van der Waals surface area contributed by atoms with E-state index in [-0.39, 0.29) is 0 Å². The molecule has 0 bridgehead atoms. The van der Waals surface area contributed by atoms with Crippen molar-refractivity contribution in [3.63, 3.8) is 0 Å². The van der Waals surface area contributed by atoms with Crippen LogP contribution in [0.15, 0.2) is 12.4 Å². The highest BCUT2D eigenvalue weighted by atomic mass is 35.5. The Kier molecular flexibility index (Phi) is 1.53. The summed E-state index contributed by atoms with van der Waals surface area (Å²) in [5, 5.41) is 8.80. The molecule has 0 radical (unpaired) electrons. The molecule has 2 aliphatic carbocycles. The minimum atomic E-state index is 0.432. The monoisotopic (exact) mass is 234 g/mol. The number of halogens is 1. The van der Waals surface area contributed by atoms with E-state index >= 15 is 0 Å². The SMILES string of the molecule is Clc1nccn2c(C3CC4(CC4)C3)nnc12. The van der Waals surface area contributed by atoms with Crippen molar-refractivity contribution in [2.45, 2.75) is 31.6 Å². The summed E-state index contributed by atoms with van der Waals surface area (Å²) in [6.45, 7) is 0. The average molecular weight is 235 g/mol. The maximum Gasteiger partial charge on any atom is 0.198 e. The van der Waals surface area contributed by atoms with Crippen LogP contribution >= 0.6 is 11.6 Å². The van der Waals surface area contributed by atoms with Crippen molar-refractivity contribution < 1.29 is 0 Å². The van der Waals surface area contributed by atoms with Crippen LogP contribution in [0.2, 0.25) is 5.15 Å². The van der Waals surface area contributed by atoms with Gasteiger partial charge in [0, 0.05) is 18.3 Å². The minimum absolute atomic E-state index is 0.432. The number of fused-ring (bicyclic) bond motifs is 1. The molecule has 0 N–H and O–H groups in total. The normalized spacial score (nSPS) is 22.6. The molecule has 16 heavy (non-hydrogen) atoms. The molecule has 0 amide bonds. The molecule has 5 heteroatoms. The highest BCUT2D eigenvalue weighted by molar-refractivity contribution is 6.32. The van der Waals surface area contributed by atoms with Crippen LogP contribution < -0.4 is 0 Å². The Bertz CT molecular complexity index is 564. The van der Waals surface area contributed by atoms with Gasteiger partial charge in [-0.05, 0) is 31.1 Å². The van der Waals surface area contributed by atoms with E-state index in [1.165, 1.54) is 25.7 Å². The van der Waals surface area contributed by atoms with Crippen LogP contribution in [0.25, 0.3) is 5.65 Å². The van der Waals surface area contributed by atoms with Gasteiger partial charge in [0.05, 0.1) is 0 Å². The second-order valence-electron chi connectivity index (χ2n) is 5.08. The van der Waals surface area contributed by atoms with Crippen LogP contribution in [0.5, 0.6) is 0 Å². The van der Waals surface area contributed by atoms with Crippen molar-refractivity contribution in [1.82, 2.24) is 19.6 Å². The summed E-state index contributed by atoms with van der Waals surface area (Å²) in [7, 11) is 0. The zero-order valence-corrected chi connectivity index (χ0v) is 9.48. The highest BCUT2D eigenvalue weighted by Gasteiger charge is 2.54. The molecule has 1 spiro atoms. The summed E-state index contributed by atoms with van der Waals surface area (Å²) in [5.41, 5.74) is 1.36. The highest BCUT2D eigenvalue weighted by Crippen LogP contribution is 2.65. The molecule has 2 aliphatic rings. The van der Waals surface area contributed by atoms with E-state index in [4.69, 9.17) is 11.6 Å². The molecule has 0 saturated heterocycles. The fourth-order valence-corrected chi connectivity index (χ4v) is 3.03. The topological polar surface area (TPSA) is 43.1 Å². The summed E-state index contributed by atoms with van der Waals surface area (Å²) in [6, 6.07) is 0. The first-order chi connectivity index (χ1) is 7.77. The van der Waals surface area contributed by atoms with Gasteiger partial charge in [0.15, 0.2) is 10.8 Å². The first kappa shape index (κ1) is 8.93. The van der Waals surface area contributed by atoms with Crippen molar-refractivity contribution in [3.8, 4) is 0 Å². The van der Waals surface area contributed by atoms with Gasteiger partial charge in [-0.2, -0.15) is 0 Å². The lowest BCUT2D eigenvalue weighted by Crippen LogP contribution is -2.24. The van der Waals surface area contributed by atoms with E-state index < -0.39 is 0 Å². The molecule has 2 aromatic heterocycles. The third-order valence-corrected chi connectivity index (χ3v) is 4.26. The average Bonchev–Trinajstić information content (AvgIpc) is 2.91. The Morgan fingerprint density at radius 2 is 2.12 bits per heavy atom. The molecule has 0 aromatic carbocycles. The smallest absolute Gasteiger partial charge is 0.198 e. The lowest BCUT2D eigenvalue weighted by molar-refractivity contribution is 0.227. The number of hydrogen-bond acceptors (Lipinski definition) is 3. The second-order valence-corrected chi connectivity index (χ2v) is 5.43. The van der Waals surface area contributed by atoms with Gasteiger partial charge >= 0.3 is 0 Å². The van der Waals surface area contributed by atoms with Gasteiger partial charge in [-0.25, -0.2) is 4.98 Å². The number of aromatic nitrogens is 4. The lowest BCUT2D eigenvalue weighted by Gasteiger charge is -2.34. The van der Waals surface area contributed by atoms with Crippen LogP contribution in [0, 0.1) is 5.41 Å². The van der Waals surface area contributed by atoms with Crippen LogP contribution in [-0.4, -0.2) is 19.6 Å². The van der Waals surface area contributed by atoms with Gasteiger partial charge in [0.1, 0.15) is 5.82 Å². The van der Waals surface area contributed by atoms with Crippen molar-refractivity contribution in [2.24, 2.45) is 5.41 Å². The fraction of sp³-hybridized carbons (Fsp3) is 0.545. The van der Waals surface area contributed by atoms with Crippen LogP contribution in [0.1, 0.15) is 37.4 Å². The molecule has 0 atom stereocenters. The quantitative estimate of drug-likeness (QED) is 0.761. The molecule has 0 unspecified atom stereocenters. The molecule has 2 heterocycles. The van der Waals surface area contributed by atoms with E-state index in [0.717, 1.165) is 5.82 Å². The van der Waals surface area contributed by atoms with Crippen molar-refractivity contribution >= 4 is 17.2 Å². The lowest BCUT2D eigenvalue weighted by atomic mass is 9.71. The Balaban J connectivity index is 1.78. The minimum Gasteiger partial charge on any atom is -0.282 e. The summed E-state index contributed by atoms with van der Waals surface area (Å²) < 4.78 is 1.98. The molecule has 82 valence electrons. The van der Waals surface area contributed by atoms with Gasteiger partial charge in [-0.15, -0.1) is 10.2 Å². The van der Waals surface area contributed by atoms with Crippen molar-refractivity contribution in [1.29, 1.82) is 0 Å². The van der Waals surface area contributed by atoms with Gasteiger partial charge < -0.3 is 0 Å². The van der Waals surface area contributed by atoms with Gasteiger partial charge in [0.25, 0.3) is 0 Å². The molecule has 4 nitrogen and oxygen atoms in total. The Morgan fingerprint density at radius 1 is 1.31 bits per heavy atom. The van der Waals surface area contributed by atoms with E-state index in [0.29, 0.717) is 22.1 Å². The third kappa shape index (κ3) is 1.08. The molecule has 2 aromatic rings. The third-order valence-electron chi connectivity index (χ3n) is 3.99. The molecular formula is C11H11ClN4. The summed E-state index contributed by atoms with van der Waals surface area (Å²) in [6.07, 6.45) is 8.95. The Morgan fingerprint density at radius 3 is 2.88 bits per heavy atom. The van der Waals surface area contributed by atoms with Crippen molar-refractivity contribution in [3.05, 3.63) is 23.4 Å². The molecule has 2 saturated carbocycles. The fourth-order valence-electron chi connectivity index (χ4n) is 2.85. The molecule has 2 fully saturated rings. The van der Waals surface area contributed by atoms with E-state index in [2.05, 4.69) is 15.2 Å². The molecule has 4 rings (SSSR count). The van der Waals surface area contributed by atoms with Gasteiger partial charge in [0.2, 0.25) is 0 Å². The van der Waals surface area contributed by atoms with E-state index in [1.54, 1.807) is 6.20 Å². The summed E-state index contributed by atoms with van der Waals surface area (Å²) in [4.78, 5) is 4.01. The first-order valence-electron chi connectivity index (χ1n) is 5.63. The van der Waals surface area contributed by atoms with Gasteiger partial charge in [-0.1, -0.05) is 11.6 Å². The molecular weight excluding hydrogens is 224 g/mol. The largest absolute Gasteiger partial charge is 0.282 e. The van der Waals surface area contributed by atoms with Crippen LogP contribution in [-0.2, 0) is 0 Å².